The molecule has 0 unspecified atom stereocenters. The molecule has 0 bridgehead atoms. The molecule has 0 spiro atoms. The Balaban J connectivity index is 1.60. The van der Waals surface area contributed by atoms with E-state index in [0.717, 1.165) is 30.6 Å². The van der Waals surface area contributed by atoms with E-state index in [1.54, 1.807) is 18.1 Å². The van der Waals surface area contributed by atoms with Crippen molar-refractivity contribution in [2.45, 2.75) is 85.2 Å². The molecule has 25 heavy (non-hydrogen) atoms. The van der Waals surface area contributed by atoms with E-state index in [1.807, 2.05) is 0 Å². The Labute approximate surface area is 153 Å². The van der Waals surface area contributed by atoms with Crippen molar-refractivity contribution < 1.29 is 9.53 Å². The van der Waals surface area contributed by atoms with E-state index in [-0.39, 0.29) is 12.1 Å². The van der Waals surface area contributed by atoms with E-state index in [4.69, 9.17) is 4.74 Å². The summed E-state index contributed by atoms with van der Waals surface area (Å²) in [7, 11) is 0. The highest BCUT2D eigenvalue weighted by atomic mass is 16.5. The molecule has 0 saturated heterocycles. The molecule has 0 aromatic rings. The van der Waals surface area contributed by atoms with Crippen LogP contribution < -0.4 is 0 Å². The number of fused-ring (bicyclic) bond motifs is 5. The van der Waals surface area contributed by atoms with Crippen LogP contribution in [0.2, 0.25) is 0 Å². The van der Waals surface area contributed by atoms with Crippen LogP contribution >= 0.6 is 0 Å². The zero-order chi connectivity index (χ0) is 17.8. The van der Waals surface area contributed by atoms with Crippen LogP contribution in [0.15, 0.2) is 23.3 Å². The molecule has 4 aliphatic carbocycles. The van der Waals surface area contributed by atoms with Crippen molar-refractivity contribution >= 4 is 5.97 Å². The lowest BCUT2D eigenvalue weighted by atomic mass is 9.48. The SMILES string of the molecule is C/C=C1\CC[C@@H]2[C@H]3CC=C4C[C@@H](OC(C)=O)CC[C@]4(C)[C@@H]3CC[C@]12C. The molecule has 4 rings (SSSR count). The molecule has 3 fully saturated rings. The molecule has 2 heteroatoms. The molecule has 0 N–H and O–H groups in total. The van der Waals surface area contributed by atoms with Crippen molar-refractivity contribution in [3.63, 3.8) is 0 Å². The van der Waals surface area contributed by atoms with Gasteiger partial charge in [-0.2, -0.15) is 0 Å². The Bertz CT molecular complexity index is 630. The van der Waals surface area contributed by atoms with E-state index in [1.165, 1.54) is 38.5 Å². The van der Waals surface area contributed by atoms with Crippen molar-refractivity contribution in [1.82, 2.24) is 0 Å². The molecule has 0 amide bonds. The number of hydrogen-bond acceptors (Lipinski definition) is 2. The van der Waals surface area contributed by atoms with Gasteiger partial charge in [-0.3, -0.25) is 4.79 Å². The smallest absolute Gasteiger partial charge is 0.302 e. The minimum Gasteiger partial charge on any atom is -0.462 e. The molecular weight excluding hydrogens is 308 g/mol. The third kappa shape index (κ3) is 2.54. The highest BCUT2D eigenvalue weighted by Crippen LogP contribution is 2.66. The fourth-order valence-electron chi connectivity index (χ4n) is 7.28. The lowest BCUT2D eigenvalue weighted by Crippen LogP contribution is -2.49. The molecule has 0 heterocycles. The maximum Gasteiger partial charge on any atom is 0.302 e. The van der Waals surface area contributed by atoms with E-state index < -0.39 is 0 Å². The van der Waals surface area contributed by atoms with Crippen molar-refractivity contribution in [3.05, 3.63) is 23.3 Å². The number of ether oxygens (including phenoxy) is 1. The van der Waals surface area contributed by atoms with Gasteiger partial charge >= 0.3 is 5.97 Å². The number of carbonyl (C=O) groups excluding carboxylic acids is 1. The van der Waals surface area contributed by atoms with Gasteiger partial charge in [0.05, 0.1) is 0 Å². The van der Waals surface area contributed by atoms with Crippen molar-refractivity contribution in [1.29, 1.82) is 0 Å². The highest BCUT2D eigenvalue weighted by Gasteiger charge is 2.57. The molecule has 0 aliphatic heterocycles. The number of hydrogen-bond donors (Lipinski definition) is 0. The zero-order valence-corrected chi connectivity index (χ0v) is 16.4. The molecule has 0 radical (unpaired) electrons. The van der Waals surface area contributed by atoms with Gasteiger partial charge in [-0.05, 0) is 80.5 Å². The summed E-state index contributed by atoms with van der Waals surface area (Å²) in [4.78, 5) is 11.4. The first-order valence-corrected chi connectivity index (χ1v) is 10.4. The average molecular weight is 343 g/mol. The van der Waals surface area contributed by atoms with Crippen molar-refractivity contribution in [2.24, 2.45) is 28.6 Å². The summed E-state index contributed by atoms with van der Waals surface area (Å²) >= 11 is 0. The van der Waals surface area contributed by atoms with Crippen molar-refractivity contribution in [2.75, 3.05) is 0 Å². The van der Waals surface area contributed by atoms with Crippen LogP contribution in [0.4, 0.5) is 0 Å². The normalized spacial score (nSPS) is 47.5. The number of allylic oxidation sites excluding steroid dienone is 3. The molecule has 0 aromatic heterocycles. The summed E-state index contributed by atoms with van der Waals surface area (Å²) in [5.74, 6) is 2.44. The summed E-state index contributed by atoms with van der Waals surface area (Å²) in [6.45, 7) is 8.86. The minimum absolute atomic E-state index is 0.114. The number of carbonyl (C=O) groups is 1. The quantitative estimate of drug-likeness (QED) is 0.443. The second-order valence-corrected chi connectivity index (χ2v) is 9.54. The van der Waals surface area contributed by atoms with Gasteiger partial charge in [0.1, 0.15) is 6.10 Å². The Hall–Kier alpha value is -1.05. The summed E-state index contributed by atoms with van der Waals surface area (Å²) < 4.78 is 5.55. The Morgan fingerprint density at radius 3 is 2.60 bits per heavy atom. The van der Waals surface area contributed by atoms with Gasteiger partial charge in [0.25, 0.3) is 0 Å². The number of esters is 1. The fraction of sp³-hybridized carbons (Fsp3) is 0.783. The Morgan fingerprint density at radius 2 is 1.88 bits per heavy atom. The predicted octanol–water partition coefficient (Wildman–Crippen LogP) is 5.83. The van der Waals surface area contributed by atoms with E-state index >= 15 is 0 Å². The molecule has 2 nitrogen and oxygen atoms in total. The first kappa shape index (κ1) is 17.4. The van der Waals surface area contributed by atoms with Gasteiger partial charge < -0.3 is 4.74 Å². The molecule has 3 saturated carbocycles. The second kappa shape index (κ2) is 5.99. The van der Waals surface area contributed by atoms with E-state index in [2.05, 4.69) is 32.9 Å². The standard InChI is InChI=1S/C23H34O2/c1-5-16-7-9-20-19-8-6-17-14-18(25-15(2)24)10-12-23(17,4)21(19)11-13-22(16,20)3/h5-6,18-21H,7-14H2,1-4H3/b16-5+/t18-,19+,20+,21+,22+,23-/m0/s1. The summed E-state index contributed by atoms with van der Waals surface area (Å²) in [5, 5.41) is 0. The zero-order valence-electron chi connectivity index (χ0n) is 16.4. The number of rotatable bonds is 1. The van der Waals surface area contributed by atoms with Crippen LogP contribution in [0, 0.1) is 28.6 Å². The Kier molecular flexibility index (Phi) is 4.16. The first-order valence-electron chi connectivity index (χ1n) is 10.4. The van der Waals surface area contributed by atoms with Crippen LogP contribution in [0.25, 0.3) is 0 Å². The predicted molar refractivity (Wildman–Crippen MR) is 101 cm³/mol. The maximum absolute atomic E-state index is 11.4. The summed E-state index contributed by atoms with van der Waals surface area (Å²) in [6.07, 6.45) is 15.0. The molecule has 0 aromatic carbocycles. The van der Waals surface area contributed by atoms with Gasteiger partial charge in [-0.15, -0.1) is 0 Å². The van der Waals surface area contributed by atoms with Gasteiger partial charge in [0, 0.05) is 13.3 Å². The molecule has 4 aliphatic rings. The lowest BCUT2D eigenvalue weighted by Gasteiger charge is -2.57. The Morgan fingerprint density at radius 1 is 1.16 bits per heavy atom. The third-order valence-electron chi connectivity index (χ3n) is 8.59. The van der Waals surface area contributed by atoms with Gasteiger partial charge in [-0.1, -0.05) is 37.1 Å². The van der Waals surface area contributed by atoms with Crippen LogP contribution in [-0.4, -0.2) is 12.1 Å². The van der Waals surface area contributed by atoms with Crippen LogP contribution in [-0.2, 0) is 9.53 Å². The van der Waals surface area contributed by atoms with E-state index in [9.17, 15) is 4.79 Å². The molecular formula is C23H34O2. The highest BCUT2D eigenvalue weighted by molar-refractivity contribution is 5.66. The van der Waals surface area contributed by atoms with Gasteiger partial charge in [0.2, 0.25) is 0 Å². The summed E-state index contributed by atoms with van der Waals surface area (Å²) in [6, 6.07) is 0. The summed E-state index contributed by atoms with van der Waals surface area (Å²) in [5.41, 5.74) is 4.14. The molecule has 6 atom stereocenters. The van der Waals surface area contributed by atoms with Gasteiger partial charge in [0.15, 0.2) is 0 Å². The first-order chi connectivity index (χ1) is 11.9. The second-order valence-electron chi connectivity index (χ2n) is 9.54. The van der Waals surface area contributed by atoms with Crippen LogP contribution in [0.5, 0.6) is 0 Å². The largest absolute Gasteiger partial charge is 0.462 e. The van der Waals surface area contributed by atoms with Crippen LogP contribution in [0.3, 0.4) is 0 Å². The topological polar surface area (TPSA) is 26.3 Å². The lowest BCUT2D eigenvalue weighted by molar-refractivity contribution is -0.148. The fourth-order valence-corrected chi connectivity index (χ4v) is 7.28. The monoisotopic (exact) mass is 342 g/mol. The maximum atomic E-state index is 11.4. The molecule has 138 valence electrons. The third-order valence-corrected chi connectivity index (χ3v) is 8.59. The van der Waals surface area contributed by atoms with Crippen molar-refractivity contribution in [3.8, 4) is 0 Å². The average Bonchev–Trinajstić information content (AvgIpc) is 2.91. The van der Waals surface area contributed by atoms with E-state index in [0.29, 0.717) is 10.8 Å². The minimum atomic E-state index is -0.124. The van der Waals surface area contributed by atoms with Crippen LogP contribution in [0.1, 0.15) is 79.1 Å². The van der Waals surface area contributed by atoms with Gasteiger partial charge in [-0.25, -0.2) is 0 Å².